The number of aliphatic hydroxyl groups is 1. The van der Waals surface area contributed by atoms with Gasteiger partial charge in [0.15, 0.2) is 0 Å². The first kappa shape index (κ1) is 17.3. The van der Waals surface area contributed by atoms with E-state index >= 15 is 0 Å². The van der Waals surface area contributed by atoms with E-state index in [9.17, 15) is 4.79 Å². The second-order valence-corrected chi connectivity index (χ2v) is 7.36. The number of amides is 1. The Hall–Kier alpha value is -1.53. The molecular formula is C18H28N4O2. The van der Waals surface area contributed by atoms with E-state index in [0.717, 1.165) is 50.4 Å². The van der Waals surface area contributed by atoms with Crippen LogP contribution in [0.15, 0.2) is 12.4 Å². The molecule has 1 atom stereocenters. The molecule has 0 radical (unpaired) electrons. The first-order chi connectivity index (χ1) is 11.6. The Balaban J connectivity index is 1.65. The van der Waals surface area contributed by atoms with Gasteiger partial charge in [0, 0.05) is 44.3 Å². The smallest absolute Gasteiger partial charge is 0.222 e. The summed E-state index contributed by atoms with van der Waals surface area (Å²) in [6.07, 6.45) is 8.35. The summed E-state index contributed by atoms with van der Waals surface area (Å²) in [5.41, 5.74) is 1.96. The van der Waals surface area contributed by atoms with Crippen LogP contribution in [-0.4, -0.2) is 63.6 Å². The van der Waals surface area contributed by atoms with Gasteiger partial charge in [-0.3, -0.25) is 14.8 Å². The van der Waals surface area contributed by atoms with E-state index in [1.807, 2.05) is 11.8 Å². The van der Waals surface area contributed by atoms with Gasteiger partial charge in [-0.25, -0.2) is 0 Å². The fraction of sp³-hybridized carbons (Fsp3) is 0.722. The average molecular weight is 332 g/mol. The number of aryl methyl sites for hydroxylation is 1. The highest BCUT2D eigenvalue weighted by molar-refractivity contribution is 5.77. The van der Waals surface area contributed by atoms with Crippen LogP contribution in [0.4, 0.5) is 0 Å². The molecule has 1 amide bonds. The van der Waals surface area contributed by atoms with Crippen LogP contribution in [0.2, 0.25) is 0 Å². The summed E-state index contributed by atoms with van der Waals surface area (Å²) in [5, 5.41) is 9.07. The average Bonchev–Trinajstić information content (AvgIpc) is 2.59. The van der Waals surface area contributed by atoms with Crippen LogP contribution >= 0.6 is 0 Å². The molecule has 24 heavy (non-hydrogen) atoms. The van der Waals surface area contributed by atoms with Crippen molar-refractivity contribution in [2.24, 2.45) is 5.41 Å². The maximum Gasteiger partial charge on any atom is 0.222 e. The van der Waals surface area contributed by atoms with Crippen LogP contribution < -0.4 is 0 Å². The van der Waals surface area contributed by atoms with Crippen molar-refractivity contribution in [3.05, 3.63) is 23.8 Å². The molecule has 6 nitrogen and oxygen atoms in total. The fourth-order valence-electron chi connectivity index (χ4n) is 4.07. The lowest BCUT2D eigenvalue weighted by atomic mass is 9.73. The normalized spacial score (nSPS) is 25.4. The number of piperidine rings is 2. The molecule has 1 spiro atoms. The molecule has 0 saturated carbocycles. The molecule has 0 aliphatic carbocycles. The van der Waals surface area contributed by atoms with Crippen molar-refractivity contribution >= 4 is 5.91 Å². The highest BCUT2D eigenvalue weighted by Crippen LogP contribution is 2.39. The number of rotatable bonds is 5. The summed E-state index contributed by atoms with van der Waals surface area (Å²) < 4.78 is 0. The lowest BCUT2D eigenvalue weighted by Crippen LogP contribution is -2.53. The highest BCUT2D eigenvalue weighted by atomic mass is 16.3. The number of carbonyl (C=O) groups excluding carboxylic acids is 1. The summed E-state index contributed by atoms with van der Waals surface area (Å²) in [4.78, 5) is 25.5. The van der Waals surface area contributed by atoms with E-state index < -0.39 is 0 Å². The number of hydrogen-bond acceptors (Lipinski definition) is 5. The predicted octanol–water partition coefficient (Wildman–Crippen LogP) is 1.37. The van der Waals surface area contributed by atoms with E-state index in [1.165, 1.54) is 12.8 Å². The number of likely N-dealkylation sites (tertiary alicyclic amines) is 2. The molecular weight excluding hydrogens is 304 g/mol. The first-order valence-corrected chi connectivity index (χ1v) is 8.99. The third kappa shape index (κ3) is 4.11. The van der Waals surface area contributed by atoms with Crippen molar-refractivity contribution in [3.8, 4) is 0 Å². The number of hydrogen-bond donors (Lipinski definition) is 1. The summed E-state index contributed by atoms with van der Waals surface area (Å²) in [7, 11) is 0. The van der Waals surface area contributed by atoms with E-state index in [1.54, 1.807) is 12.4 Å². The van der Waals surface area contributed by atoms with Crippen molar-refractivity contribution in [2.45, 2.75) is 45.6 Å². The third-order valence-electron chi connectivity index (χ3n) is 5.31. The first-order valence-electron chi connectivity index (χ1n) is 8.99. The van der Waals surface area contributed by atoms with E-state index in [-0.39, 0.29) is 17.9 Å². The van der Waals surface area contributed by atoms with Gasteiger partial charge < -0.3 is 14.9 Å². The lowest BCUT2D eigenvalue weighted by molar-refractivity contribution is -0.140. The monoisotopic (exact) mass is 332 g/mol. The SMILES string of the molecule is Cc1cnc(CN2C[C@]3(CCCN(CCCO)C3)CCC2=O)cn1. The summed E-state index contributed by atoms with van der Waals surface area (Å²) in [6, 6.07) is 0. The lowest BCUT2D eigenvalue weighted by Gasteiger charge is -2.48. The molecule has 2 fully saturated rings. The van der Waals surface area contributed by atoms with Gasteiger partial charge in [-0.1, -0.05) is 0 Å². The molecule has 2 saturated heterocycles. The number of aliphatic hydroxyl groups excluding tert-OH is 1. The molecule has 2 aliphatic rings. The van der Waals surface area contributed by atoms with Gasteiger partial charge in [-0.15, -0.1) is 0 Å². The Morgan fingerprint density at radius 3 is 2.88 bits per heavy atom. The van der Waals surface area contributed by atoms with Gasteiger partial charge in [0.05, 0.1) is 24.1 Å². The predicted molar refractivity (Wildman–Crippen MR) is 91.2 cm³/mol. The van der Waals surface area contributed by atoms with Crippen molar-refractivity contribution < 1.29 is 9.90 Å². The van der Waals surface area contributed by atoms with Crippen LogP contribution in [0.3, 0.4) is 0 Å². The number of carbonyl (C=O) groups is 1. The Labute approximate surface area is 143 Å². The molecule has 0 aromatic carbocycles. The zero-order valence-corrected chi connectivity index (χ0v) is 14.6. The Bertz CT molecular complexity index is 563. The molecule has 0 bridgehead atoms. The molecule has 3 heterocycles. The molecule has 1 aromatic heterocycles. The fourth-order valence-corrected chi connectivity index (χ4v) is 4.07. The molecule has 1 N–H and O–H groups in total. The minimum Gasteiger partial charge on any atom is -0.396 e. The van der Waals surface area contributed by atoms with E-state index in [4.69, 9.17) is 5.11 Å². The zero-order valence-electron chi connectivity index (χ0n) is 14.6. The van der Waals surface area contributed by atoms with Crippen LogP contribution in [0.1, 0.15) is 43.5 Å². The van der Waals surface area contributed by atoms with Crippen LogP contribution in [0, 0.1) is 12.3 Å². The summed E-state index contributed by atoms with van der Waals surface area (Å²) >= 11 is 0. The number of aromatic nitrogens is 2. The van der Waals surface area contributed by atoms with Crippen molar-refractivity contribution in [3.63, 3.8) is 0 Å². The minimum absolute atomic E-state index is 0.208. The molecule has 0 unspecified atom stereocenters. The van der Waals surface area contributed by atoms with Crippen molar-refractivity contribution in [1.29, 1.82) is 0 Å². The molecule has 132 valence electrons. The topological polar surface area (TPSA) is 69.6 Å². The van der Waals surface area contributed by atoms with Gasteiger partial charge in [-0.05, 0) is 39.2 Å². The van der Waals surface area contributed by atoms with Crippen LogP contribution in [0.25, 0.3) is 0 Å². The molecule has 2 aliphatic heterocycles. The minimum atomic E-state index is 0.208. The van der Waals surface area contributed by atoms with Gasteiger partial charge in [-0.2, -0.15) is 0 Å². The van der Waals surface area contributed by atoms with Gasteiger partial charge in [0.2, 0.25) is 5.91 Å². The third-order valence-corrected chi connectivity index (χ3v) is 5.31. The Kier molecular flexibility index (Phi) is 5.46. The van der Waals surface area contributed by atoms with Gasteiger partial charge >= 0.3 is 0 Å². The van der Waals surface area contributed by atoms with Crippen molar-refractivity contribution in [2.75, 3.05) is 32.8 Å². The standard InChI is InChI=1S/C18H28N4O2/c1-15-10-20-16(11-19-15)12-22-14-18(6-4-17(22)24)5-2-7-21(13-18)8-3-9-23/h10-11,23H,2-9,12-14H2,1H3/t18-/m1/s1. The summed E-state index contributed by atoms with van der Waals surface area (Å²) in [5.74, 6) is 0.232. The maximum absolute atomic E-state index is 12.4. The van der Waals surface area contributed by atoms with E-state index in [2.05, 4.69) is 14.9 Å². The Morgan fingerprint density at radius 2 is 2.12 bits per heavy atom. The largest absolute Gasteiger partial charge is 0.396 e. The molecule has 6 heteroatoms. The van der Waals surface area contributed by atoms with E-state index in [0.29, 0.717) is 13.0 Å². The number of nitrogens with zero attached hydrogens (tertiary/aromatic N) is 4. The Morgan fingerprint density at radius 1 is 1.25 bits per heavy atom. The molecule has 3 rings (SSSR count). The molecule has 1 aromatic rings. The second-order valence-electron chi connectivity index (χ2n) is 7.36. The van der Waals surface area contributed by atoms with Crippen LogP contribution in [-0.2, 0) is 11.3 Å². The van der Waals surface area contributed by atoms with Crippen LogP contribution in [0.5, 0.6) is 0 Å². The maximum atomic E-state index is 12.4. The van der Waals surface area contributed by atoms with Gasteiger partial charge in [0.1, 0.15) is 0 Å². The van der Waals surface area contributed by atoms with Gasteiger partial charge in [0.25, 0.3) is 0 Å². The summed E-state index contributed by atoms with van der Waals surface area (Å²) in [6.45, 7) is 6.65. The highest BCUT2D eigenvalue weighted by Gasteiger charge is 2.41. The van der Waals surface area contributed by atoms with Crippen molar-refractivity contribution in [1.82, 2.24) is 19.8 Å². The zero-order chi connectivity index (χ0) is 17.0. The quantitative estimate of drug-likeness (QED) is 0.882. The second kappa shape index (κ2) is 7.57.